The lowest BCUT2D eigenvalue weighted by molar-refractivity contribution is -0.148. The molecular formula is C40H46N4O2. The minimum absolute atomic E-state index is 0.0614. The van der Waals surface area contributed by atoms with Crippen molar-refractivity contribution < 1.29 is 9.53 Å². The van der Waals surface area contributed by atoms with Gasteiger partial charge in [0.05, 0.1) is 18.2 Å². The summed E-state index contributed by atoms with van der Waals surface area (Å²) in [6, 6.07) is 17.6. The van der Waals surface area contributed by atoms with E-state index in [9.17, 15) is 4.79 Å². The third-order valence-corrected chi connectivity index (χ3v) is 17.0. The van der Waals surface area contributed by atoms with Gasteiger partial charge in [-0.05, 0) is 100 Å². The molecule has 0 aromatic heterocycles. The number of allylic oxidation sites excluding steroid dienone is 1. The van der Waals surface area contributed by atoms with Crippen molar-refractivity contribution >= 4 is 17.3 Å². The standard InChI is InChI=1S/C40H46N4O2/c1-4-25-22-42-19-16-37-23-43-33-28(38-17-20-41-18-8-13-36(35(38)41)14-15-39(38,43)24(36)2)10-7-11-29(33)40(37)31(42)21-26(25)32(34(45)46-3)44(40)30-12-6-5-9-27(30)37/h4-7,9-12,24,26,31-32,35H,8,13-23H2,1-3H3/b25-4-/t24-,26-,31-,32-,35-,36-,37-,38+,39-,40+/m0/s1. The van der Waals surface area contributed by atoms with Crippen LogP contribution in [0.2, 0.25) is 0 Å². The van der Waals surface area contributed by atoms with Gasteiger partial charge >= 0.3 is 5.97 Å². The van der Waals surface area contributed by atoms with Gasteiger partial charge in [-0.25, -0.2) is 4.79 Å². The van der Waals surface area contributed by atoms with Crippen LogP contribution in [0.3, 0.4) is 0 Å². The summed E-state index contributed by atoms with van der Waals surface area (Å²) in [6.45, 7) is 10.6. The first-order chi connectivity index (χ1) is 22.5. The number of esters is 1. The van der Waals surface area contributed by atoms with E-state index in [1.807, 2.05) is 0 Å². The van der Waals surface area contributed by atoms with Crippen molar-refractivity contribution in [2.45, 2.75) is 98.8 Å². The van der Waals surface area contributed by atoms with Crippen molar-refractivity contribution in [3.05, 3.63) is 70.8 Å². The highest BCUT2D eigenvalue weighted by molar-refractivity contribution is 5.90. The van der Waals surface area contributed by atoms with Crippen LogP contribution in [0.15, 0.2) is 54.1 Å². The normalized spacial score (nSPS) is 48.7. The largest absolute Gasteiger partial charge is 0.467 e. The number of hydrogen-bond donors (Lipinski definition) is 0. The lowest BCUT2D eigenvalue weighted by Gasteiger charge is -2.71. The zero-order valence-corrected chi connectivity index (χ0v) is 27.6. The van der Waals surface area contributed by atoms with Gasteiger partial charge in [-0.1, -0.05) is 55.0 Å². The maximum Gasteiger partial charge on any atom is 0.329 e. The van der Waals surface area contributed by atoms with Crippen molar-refractivity contribution in [3.63, 3.8) is 0 Å². The molecule has 5 saturated heterocycles. The second-order valence-electron chi connectivity index (χ2n) is 17.1. The van der Waals surface area contributed by atoms with Crippen LogP contribution in [0.5, 0.6) is 0 Å². The topological polar surface area (TPSA) is 39.3 Å². The fourth-order valence-electron chi connectivity index (χ4n) is 16.1. The molecule has 12 rings (SSSR count). The molecule has 10 atom stereocenters. The van der Waals surface area contributed by atoms with Gasteiger partial charge in [0.15, 0.2) is 0 Å². The number of anilines is 2. The number of ether oxygens (including phenoxy) is 1. The second-order valence-corrected chi connectivity index (χ2v) is 17.1. The van der Waals surface area contributed by atoms with Gasteiger partial charge in [0.25, 0.3) is 0 Å². The van der Waals surface area contributed by atoms with E-state index in [-0.39, 0.29) is 39.8 Å². The van der Waals surface area contributed by atoms with E-state index < -0.39 is 0 Å². The van der Waals surface area contributed by atoms with Crippen molar-refractivity contribution in [3.8, 4) is 0 Å². The Balaban J connectivity index is 1.20. The molecule has 2 saturated carbocycles. The third kappa shape index (κ3) is 2.17. The Morgan fingerprint density at radius 2 is 1.76 bits per heavy atom. The first-order valence-electron chi connectivity index (χ1n) is 18.5. The number of piperidine rings is 4. The van der Waals surface area contributed by atoms with Crippen LogP contribution in [0, 0.1) is 17.3 Å². The molecule has 6 nitrogen and oxygen atoms in total. The van der Waals surface area contributed by atoms with Crippen LogP contribution in [-0.4, -0.2) is 79.3 Å². The Morgan fingerprint density at radius 3 is 2.63 bits per heavy atom. The molecule has 0 amide bonds. The maximum atomic E-state index is 14.3. The van der Waals surface area contributed by atoms with Gasteiger partial charge in [-0.2, -0.15) is 0 Å². The molecule has 0 unspecified atom stereocenters. The molecule has 10 aliphatic rings. The van der Waals surface area contributed by atoms with E-state index in [2.05, 4.69) is 82.0 Å². The van der Waals surface area contributed by atoms with E-state index in [0.29, 0.717) is 23.4 Å². The average molecular weight is 615 g/mol. The molecule has 8 heterocycles. The van der Waals surface area contributed by atoms with Gasteiger partial charge in [0, 0.05) is 58.9 Å². The molecule has 238 valence electrons. The number of methoxy groups -OCH3 is 1. The van der Waals surface area contributed by atoms with Crippen molar-refractivity contribution in [2.75, 3.05) is 49.6 Å². The Kier molecular flexibility index (Phi) is 4.40. The molecule has 7 fully saturated rings. The summed E-state index contributed by atoms with van der Waals surface area (Å²) in [5.41, 5.74) is 9.51. The van der Waals surface area contributed by atoms with Crippen LogP contribution in [-0.2, 0) is 25.9 Å². The van der Waals surface area contributed by atoms with Crippen molar-refractivity contribution in [1.82, 2.24) is 9.80 Å². The molecule has 4 bridgehead atoms. The van der Waals surface area contributed by atoms with Crippen molar-refractivity contribution in [2.24, 2.45) is 17.3 Å². The minimum Gasteiger partial charge on any atom is -0.467 e. The van der Waals surface area contributed by atoms with E-state index in [1.54, 1.807) is 18.4 Å². The molecule has 0 radical (unpaired) electrons. The zero-order chi connectivity index (χ0) is 30.6. The second kappa shape index (κ2) is 7.73. The quantitative estimate of drug-likeness (QED) is 0.319. The zero-order valence-electron chi connectivity index (χ0n) is 27.6. The number of fused-ring (bicyclic) bond motifs is 3. The van der Waals surface area contributed by atoms with Crippen molar-refractivity contribution in [1.29, 1.82) is 0 Å². The predicted octanol–water partition coefficient (Wildman–Crippen LogP) is 5.34. The summed E-state index contributed by atoms with van der Waals surface area (Å²) in [5, 5.41) is 0. The highest BCUT2D eigenvalue weighted by Gasteiger charge is 2.87. The number of rotatable bonds is 1. The Labute approximate surface area is 272 Å². The predicted molar refractivity (Wildman–Crippen MR) is 178 cm³/mol. The number of carbonyl (C=O) groups is 1. The lowest BCUT2D eigenvalue weighted by Crippen LogP contribution is -2.81. The molecule has 2 aliphatic carbocycles. The van der Waals surface area contributed by atoms with Gasteiger partial charge < -0.3 is 14.5 Å². The first kappa shape index (κ1) is 26.2. The number of benzene rings is 2. The Hall–Kier alpha value is -2.83. The lowest BCUT2D eigenvalue weighted by atomic mass is 9.50. The number of nitrogens with zero attached hydrogens (tertiary/aromatic N) is 4. The highest BCUT2D eigenvalue weighted by atomic mass is 16.5. The molecule has 6 heteroatoms. The third-order valence-electron chi connectivity index (χ3n) is 17.0. The fraction of sp³-hybridized carbons (Fsp3) is 0.625. The molecule has 0 N–H and O–H groups in total. The van der Waals surface area contributed by atoms with Crippen LogP contribution in [0.4, 0.5) is 11.4 Å². The van der Waals surface area contributed by atoms with E-state index >= 15 is 0 Å². The number of para-hydroxylation sites is 2. The van der Waals surface area contributed by atoms with Crippen LogP contribution >= 0.6 is 0 Å². The Morgan fingerprint density at radius 1 is 0.935 bits per heavy atom. The fourth-order valence-corrected chi connectivity index (χ4v) is 16.1. The van der Waals surface area contributed by atoms with E-state index in [1.165, 1.54) is 67.6 Å². The number of carbonyl (C=O) groups excluding carboxylic acids is 1. The summed E-state index contributed by atoms with van der Waals surface area (Å²) < 4.78 is 5.77. The Bertz CT molecular complexity index is 1820. The number of hydrogen-bond acceptors (Lipinski definition) is 6. The average Bonchev–Trinajstić information content (AvgIpc) is 3.82. The SMILES string of the molecule is C/C=C1/CN2CC[C@@]34CN5c6c(cccc6[C@@]67CCN8CCC[C@@]9(CC[C@@]56[C@H]9C)[C@H]87)[C@@]35[C@@H]2C[C@@H]1[C@@H](C(=O)OC)N5c1ccccc14. The summed E-state index contributed by atoms with van der Waals surface area (Å²) in [5.74, 6) is 0.810. The van der Waals surface area contributed by atoms with Crippen LogP contribution in [0.1, 0.15) is 75.5 Å². The maximum absolute atomic E-state index is 14.3. The molecule has 2 aromatic carbocycles. The molecular weight excluding hydrogens is 568 g/mol. The van der Waals surface area contributed by atoms with Gasteiger partial charge in [-0.15, -0.1) is 0 Å². The minimum atomic E-state index is -0.311. The summed E-state index contributed by atoms with van der Waals surface area (Å²) >= 11 is 0. The van der Waals surface area contributed by atoms with Gasteiger partial charge in [0.2, 0.25) is 0 Å². The van der Waals surface area contributed by atoms with Gasteiger partial charge in [0.1, 0.15) is 6.04 Å². The molecule has 46 heavy (non-hydrogen) atoms. The summed E-state index contributed by atoms with van der Waals surface area (Å²) in [4.78, 5) is 25.9. The van der Waals surface area contributed by atoms with Gasteiger partial charge in [-0.3, -0.25) is 9.80 Å². The summed E-state index contributed by atoms with van der Waals surface area (Å²) in [6.07, 6.45) is 11.3. The van der Waals surface area contributed by atoms with Crippen LogP contribution in [0.25, 0.3) is 0 Å². The highest BCUT2D eigenvalue weighted by Crippen LogP contribution is 2.83. The molecule has 4 spiro atoms. The van der Waals surface area contributed by atoms with Crippen LogP contribution < -0.4 is 9.80 Å². The van der Waals surface area contributed by atoms with E-state index in [4.69, 9.17) is 4.74 Å². The smallest absolute Gasteiger partial charge is 0.329 e. The summed E-state index contributed by atoms with van der Waals surface area (Å²) in [7, 11) is 1.61. The first-order valence-corrected chi connectivity index (χ1v) is 18.5. The molecule has 2 aromatic rings. The monoisotopic (exact) mass is 614 g/mol. The van der Waals surface area contributed by atoms with E-state index in [0.717, 1.165) is 32.5 Å². The molecule has 8 aliphatic heterocycles.